The summed E-state index contributed by atoms with van der Waals surface area (Å²) in [6.07, 6.45) is -2.21. The van der Waals surface area contributed by atoms with Crippen molar-refractivity contribution >= 4 is 0 Å². The smallest absolute Gasteiger partial charge is 0.506 e. The third kappa shape index (κ3) is 3.87. The van der Waals surface area contributed by atoms with Gasteiger partial charge in [0.1, 0.15) is 11.5 Å². The lowest BCUT2D eigenvalue weighted by Gasteiger charge is -2.52. The van der Waals surface area contributed by atoms with Gasteiger partial charge in [-0.25, -0.2) is 0 Å². The van der Waals surface area contributed by atoms with Crippen molar-refractivity contribution in [2.75, 3.05) is 0 Å². The Hall–Kier alpha value is -2.28. The highest BCUT2D eigenvalue weighted by atomic mass is 19.4. The van der Waals surface area contributed by atoms with Crippen molar-refractivity contribution in [3.8, 4) is 11.5 Å². The highest BCUT2D eigenvalue weighted by molar-refractivity contribution is 5.40. The van der Waals surface area contributed by atoms with Gasteiger partial charge in [0.15, 0.2) is 0 Å². The molecule has 0 aliphatic heterocycles. The Morgan fingerprint density at radius 3 is 2.52 bits per heavy atom. The van der Waals surface area contributed by atoms with E-state index in [4.69, 9.17) is 0 Å². The Labute approximate surface area is 142 Å². The number of aromatic hydroxyl groups is 1. The average Bonchev–Trinajstić information content (AvgIpc) is 2.46. The van der Waals surface area contributed by atoms with Gasteiger partial charge >= 0.3 is 6.36 Å². The molecule has 0 amide bonds. The van der Waals surface area contributed by atoms with Gasteiger partial charge in [-0.05, 0) is 49.6 Å². The van der Waals surface area contributed by atoms with Gasteiger partial charge in [-0.3, -0.25) is 4.98 Å². The second-order valence-electron chi connectivity index (χ2n) is 6.85. The maximum absolute atomic E-state index is 12.5. The topological polar surface area (TPSA) is 62.6 Å². The Morgan fingerprint density at radius 1 is 1.20 bits per heavy atom. The first kappa shape index (κ1) is 17.5. The fourth-order valence-electron chi connectivity index (χ4n) is 3.75. The molecule has 1 saturated carbocycles. The van der Waals surface area contributed by atoms with Crippen LogP contribution in [0.2, 0.25) is 0 Å². The van der Waals surface area contributed by atoms with Gasteiger partial charge < -0.3 is 14.9 Å². The van der Waals surface area contributed by atoms with Crippen LogP contribution >= 0.6 is 0 Å². The van der Waals surface area contributed by atoms with Crippen LogP contribution in [0.3, 0.4) is 0 Å². The number of pyridine rings is 1. The normalized spacial score (nSPS) is 26.1. The summed E-state index contributed by atoms with van der Waals surface area (Å²) in [5.74, 6) is -0.280. The molecule has 1 aliphatic rings. The van der Waals surface area contributed by atoms with Crippen LogP contribution in [0.25, 0.3) is 0 Å². The predicted molar refractivity (Wildman–Crippen MR) is 84.3 cm³/mol. The van der Waals surface area contributed by atoms with Gasteiger partial charge in [0.25, 0.3) is 0 Å². The molecule has 0 spiro atoms. The minimum atomic E-state index is -4.77. The molecule has 1 aliphatic carbocycles. The fraction of sp³-hybridized carbons (Fsp3) is 0.389. The second-order valence-corrected chi connectivity index (χ2v) is 6.85. The highest BCUT2D eigenvalue weighted by Gasteiger charge is 2.52. The fourth-order valence-corrected chi connectivity index (χ4v) is 3.75. The van der Waals surface area contributed by atoms with E-state index in [1.807, 2.05) is 0 Å². The lowest BCUT2D eigenvalue weighted by atomic mass is 9.55. The van der Waals surface area contributed by atoms with Crippen LogP contribution in [0.4, 0.5) is 13.2 Å². The molecule has 3 rings (SSSR count). The van der Waals surface area contributed by atoms with Crippen molar-refractivity contribution in [2.45, 2.75) is 43.6 Å². The molecule has 0 radical (unpaired) electrons. The molecule has 0 saturated heterocycles. The molecule has 7 heteroatoms. The SMILES string of the molecule is CC1(O)CC(Cc2ncccc2O)(c2cccc(OC(F)(F)F)c2)C1. The van der Waals surface area contributed by atoms with E-state index in [2.05, 4.69) is 9.72 Å². The zero-order valence-electron chi connectivity index (χ0n) is 13.5. The Bertz CT molecular complexity index is 766. The molecule has 4 nitrogen and oxygen atoms in total. The molecule has 0 atom stereocenters. The van der Waals surface area contributed by atoms with E-state index >= 15 is 0 Å². The van der Waals surface area contributed by atoms with Crippen LogP contribution in [0.15, 0.2) is 42.6 Å². The molecule has 0 bridgehead atoms. The number of nitrogens with zero attached hydrogens (tertiary/aromatic N) is 1. The first-order valence-electron chi connectivity index (χ1n) is 7.80. The molecular formula is C18H18F3NO3. The molecule has 1 aromatic heterocycles. The monoisotopic (exact) mass is 353 g/mol. The summed E-state index contributed by atoms with van der Waals surface area (Å²) < 4.78 is 41.5. The number of hydrogen-bond donors (Lipinski definition) is 2. The van der Waals surface area contributed by atoms with E-state index in [0.29, 0.717) is 30.5 Å². The number of rotatable bonds is 4. The molecule has 1 aromatic carbocycles. The third-order valence-corrected chi connectivity index (χ3v) is 4.49. The van der Waals surface area contributed by atoms with Crippen LogP contribution in [-0.4, -0.2) is 27.2 Å². The molecule has 0 unspecified atom stereocenters. The van der Waals surface area contributed by atoms with Gasteiger partial charge in [-0.15, -0.1) is 13.2 Å². The first-order valence-corrected chi connectivity index (χ1v) is 7.80. The zero-order chi connectivity index (χ0) is 18.3. The zero-order valence-corrected chi connectivity index (χ0v) is 13.5. The number of aromatic nitrogens is 1. The van der Waals surface area contributed by atoms with Gasteiger partial charge in [0.2, 0.25) is 0 Å². The van der Waals surface area contributed by atoms with E-state index in [1.54, 1.807) is 25.3 Å². The summed E-state index contributed by atoms with van der Waals surface area (Å²) in [5.41, 5.74) is -0.461. The maximum atomic E-state index is 12.5. The van der Waals surface area contributed by atoms with Crippen molar-refractivity contribution in [2.24, 2.45) is 0 Å². The van der Waals surface area contributed by atoms with Crippen LogP contribution in [0, 0.1) is 0 Å². The Morgan fingerprint density at radius 2 is 1.92 bits per heavy atom. The number of alkyl halides is 3. The van der Waals surface area contributed by atoms with Gasteiger partial charge in [0, 0.05) is 18.0 Å². The minimum absolute atomic E-state index is 0.0242. The summed E-state index contributed by atoms with van der Waals surface area (Å²) in [6.45, 7) is 1.68. The van der Waals surface area contributed by atoms with Crippen molar-refractivity contribution in [1.29, 1.82) is 0 Å². The summed E-state index contributed by atoms with van der Waals surface area (Å²) in [6, 6.07) is 8.88. The number of hydrogen-bond acceptors (Lipinski definition) is 4. The number of halogens is 3. The van der Waals surface area contributed by atoms with E-state index in [0.717, 1.165) is 0 Å². The summed E-state index contributed by atoms with van der Waals surface area (Å²) in [5, 5.41) is 20.2. The summed E-state index contributed by atoms with van der Waals surface area (Å²) in [7, 11) is 0. The lowest BCUT2D eigenvalue weighted by molar-refractivity contribution is -0.274. The lowest BCUT2D eigenvalue weighted by Crippen LogP contribution is -2.54. The molecule has 25 heavy (non-hydrogen) atoms. The maximum Gasteiger partial charge on any atom is 0.573 e. The number of ether oxygens (including phenoxy) is 1. The quantitative estimate of drug-likeness (QED) is 0.880. The third-order valence-electron chi connectivity index (χ3n) is 4.49. The molecule has 1 heterocycles. The second kappa shape index (κ2) is 5.91. The van der Waals surface area contributed by atoms with Gasteiger partial charge in [-0.1, -0.05) is 12.1 Å². The minimum Gasteiger partial charge on any atom is -0.506 e. The van der Waals surface area contributed by atoms with Crippen LogP contribution in [0.1, 0.15) is 31.0 Å². The summed E-state index contributed by atoms with van der Waals surface area (Å²) in [4.78, 5) is 4.16. The predicted octanol–water partition coefficient (Wildman–Crippen LogP) is 3.71. The molecule has 2 aromatic rings. The van der Waals surface area contributed by atoms with Crippen LogP contribution < -0.4 is 4.74 Å². The van der Waals surface area contributed by atoms with Gasteiger partial charge in [-0.2, -0.15) is 0 Å². The number of aliphatic hydroxyl groups is 1. The highest BCUT2D eigenvalue weighted by Crippen LogP contribution is 2.53. The van der Waals surface area contributed by atoms with E-state index in [9.17, 15) is 23.4 Å². The van der Waals surface area contributed by atoms with E-state index < -0.39 is 17.4 Å². The molecule has 2 N–H and O–H groups in total. The van der Waals surface area contributed by atoms with E-state index in [-0.39, 0.29) is 11.5 Å². The van der Waals surface area contributed by atoms with Crippen molar-refractivity contribution in [1.82, 2.24) is 4.98 Å². The van der Waals surface area contributed by atoms with Crippen molar-refractivity contribution in [3.05, 3.63) is 53.9 Å². The Kier molecular flexibility index (Phi) is 4.15. The van der Waals surface area contributed by atoms with Crippen LogP contribution in [-0.2, 0) is 11.8 Å². The van der Waals surface area contributed by atoms with Crippen LogP contribution in [0.5, 0.6) is 11.5 Å². The first-order chi connectivity index (χ1) is 11.6. The van der Waals surface area contributed by atoms with Crippen molar-refractivity contribution in [3.63, 3.8) is 0 Å². The van der Waals surface area contributed by atoms with Gasteiger partial charge in [0.05, 0.1) is 11.3 Å². The average molecular weight is 353 g/mol. The Balaban J connectivity index is 1.94. The molecule has 134 valence electrons. The standard InChI is InChI=1S/C18H18F3NO3/c1-16(24)10-17(11-16,9-14-15(23)6-3-7-22-14)12-4-2-5-13(8-12)25-18(19,20)21/h2-8,23-24H,9-11H2,1H3. The molecular weight excluding hydrogens is 335 g/mol. The largest absolute Gasteiger partial charge is 0.573 e. The van der Waals surface area contributed by atoms with E-state index in [1.165, 1.54) is 24.3 Å². The number of benzene rings is 1. The van der Waals surface area contributed by atoms with Crippen molar-refractivity contribution < 1.29 is 28.1 Å². The summed E-state index contributed by atoms with van der Waals surface area (Å²) >= 11 is 0. The molecule has 1 fully saturated rings.